The van der Waals surface area contributed by atoms with Crippen LogP contribution in [-0.4, -0.2) is 26.9 Å². The van der Waals surface area contributed by atoms with E-state index in [1.165, 1.54) is 6.20 Å². The molecule has 0 aromatic carbocycles. The maximum absolute atomic E-state index is 8.83. The Kier molecular flexibility index (Phi) is 3.16. The highest BCUT2D eigenvalue weighted by molar-refractivity contribution is 5.58. The van der Waals surface area contributed by atoms with Crippen LogP contribution in [-0.2, 0) is 4.74 Å². The molecule has 2 heterocycles. The molecule has 2 aromatic rings. The Labute approximate surface area is 97.4 Å². The van der Waals surface area contributed by atoms with Gasteiger partial charge in [0.25, 0.3) is 5.89 Å². The van der Waals surface area contributed by atoms with Crippen LogP contribution in [0.4, 0.5) is 0 Å². The first-order chi connectivity index (χ1) is 8.26. The molecule has 0 saturated carbocycles. The Balaban J connectivity index is 2.27. The molecule has 0 spiro atoms. The van der Waals surface area contributed by atoms with E-state index >= 15 is 0 Å². The molecular formula is C10H11N5O2. The average molecular weight is 233 g/mol. The van der Waals surface area contributed by atoms with Crippen LogP contribution >= 0.6 is 0 Å². The van der Waals surface area contributed by atoms with E-state index in [0.717, 1.165) is 0 Å². The first kappa shape index (κ1) is 11.3. The fourth-order valence-electron chi connectivity index (χ4n) is 1.37. The second-order valence-corrected chi connectivity index (χ2v) is 3.33. The first-order valence-corrected chi connectivity index (χ1v) is 5.15. The Morgan fingerprint density at radius 3 is 3.18 bits per heavy atom. The van der Waals surface area contributed by atoms with Crippen LogP contribution in [0.1, 0.15) is 31.5 Å². The molecule has 0 saturated heterocycles. The van der Waals surface area contributed by atoms with Crippen LogP contribution in [0, 0.1) is 11.3 Å². The van der Waals surface area contributed by atoms with Crippen molar-refractivity contribution < 1.29 is 9.26 Å². The molecule has 7 nitrogen and oxygen atoms in total. The summed E-state index contributed by atoms with van der Waals surface area (Å²) < 4.78 is 10.4. The van der Waals surface area contributed by atoms with E-state index in [-0.39, 0.29) is 12.0 Å². The van der Waals surface area contributed by atoms with Gasteiger partial charge in [-0.15, -0.1) is 0 Å². The summed E-state index contributed by atoms with van der Waals surface area (Å²) in [6.45, 7) is 4.29. The van der Waals surface area contributed by atoms with Crippen LogP contribution in [0.25, 0.3) is 11.5 Å². The molecule has 0 aliphatic carbocycles. The summed E-state index contributed by atoms with van der Waals surface area (Å²) in [5, 5.41) is 18.9. The van der Waals surface area contributed by atoms with Crippen molar-refractivity contribution in [3.8, 4) is 17.5 Å². The van der Waals surface area contributed by atoms with Gasteiger partial charge in [-0.25, -0.2) is 0 Å². The number of hydrogen-bond donors (Lipinski definition) is 1. The molecule has 0 amide bonds. The van der Waals surface area contributed by atoms with Gasteiger partial charge in [-0.1, -0.05) is 5.16 Å². The van der Waals surface area contributed by atoms with Gasteiger partial charge in [0.15, 0.2) is 0 Å². The van der Waals surface area contributed by atoms with Crippen molar-refractivity contribution in [2.24, 2.45) is 0 Å². The van der Waals surface area contributed by atoms with E-state index < -0.39 is 0 Å². The summed E-state index contributed by atoms with van der Waals surface area (Å²) in [4.78, 5) is 4.17. The van der Waals surface area contributed by atoms with Crippen LogP contribution < -0.4 is 0 Å². The Morgan fingerprint density at radius 2 is 2.47 bits per heavy atom. The van der Waals surface area contributed by atoms with E-state index in [9.17, 15) is 0 Å². The lowest BCUT2D eigenvalue weighted by Crippen LogP contribution is -2.01. The van der Waals surface area contributed by atoms with E-state index in [1.807, 2.05) is 19.9 Å². The zero-order valence-corrected chi connectivity index (χ0v) is 9.47. The van der Waals surface area contributed by atoms with Gasteiger partial charge in [-0.3, -0.25) is 5.10 Å². The molecule has 1 unspecified atom stereocenters. The van der Waals surface area contributed by atoms with Gasteiger partial charge in [0.2, 0.25) is 5.82 Å². The highest BCUT2D eigenvalue weighted by atomic mass is 16.5. The monoisotopic (exact) mass is 233 g/mol. The van der Waals surface area contributed by atoms with Crippen molar-refractivity contribution in [3.63, 3.8) is 0 Å². The maximum Gasteiger partial charge on any atom is 0.262 e. The molecular weight excluding hydrogens is 222 g/mol. The number of hydrogen-bond acceptors (Lipinski definition) is 6. The highest BCUT2D eigenvalue weighted by Crippen LogP contribution is 2.22. The standard InChI is InChI=1S/C10H11N5O2/c1-3-16-6(2)9-13-10(17-15-9)7-5-12-14-8(7)4-11/h5-6H,3H2,1-2H3,(H,12,14). The molecule has 0 aliphatic rings. The summed E-state index contributed by atoms with van der Waals surface area (Å²) in [6.07, 6.45) is 1.23. The third-order valence-corrected chi connectivity index (χ3v) is 2.20. The number of nitrogens with one attached hydrogen (secondary N) is 1. The van der Waals surface area contributed by atoms with Crippen LogP contribution in [0.15, 0.2) is 10.7 Å². The Morgan fingerprint density at radius 1 is 1.65 bits per heavy atom. The second-order valence-electron chi connectivity index (χ2n) is 3.33. The fourth-order valence-corrected chi connectivity index (χ4v) is 1.37. The van der Waals surface area contributed by atoms with Crippen LogP contribution in [0.2, 0.25) is 0 Å². The summed E-state index contributed by atoms with van der Waals surface area (Å²) >= 11 is 0. The third-order valence-electron chi connectivity index (χ3n) is 2.20. The lowest BCUT2D eigenvalue weighted by Gasteiger charge is -2.04. The van der Waals surface area contributed by atoms with Crippen molar-refractivity contribution >= 4 is 0 Å². The summed E-state index contributed by atoms with van der Waals surface area (Å²) in [5.74, 6) is 0.712. The van der Waals surface area contributed by atoms with Crippen molar-refractivity contribution in [3.05, 3.63) is 17.7 Å². The zero-order valence-electron chi connectivity index (χ0n) is 9.47. The van der Waals surface area contributed by atoms with Gasteiger partial charge >= 0.3 is 0 Å². The maximum atomic E-state index is 8.83. The summed E-state index contributed by atoms with van der Waals surface area (Å²) in [6, 6.07) is 1.96. The SMILES string of the molecule is CCOC(C)c1noc(-c2cn[nH]c2C#N)n1. The Hall–Kier alpha value is -2.20. The van der Waals surface area contributed by atoms with Crippen molar-refractivity contribution in [2.45, 2.75) is 20.0 Å². The van der Waals surface area contributed by atoms with E-state index in [4.69, 9.17) is 14.5 Å². The first-order valence-electron chi connectivity index (χ1n) is 5.15. The Bertz CT molecular complexity index is 539. The van der Waals surface area contributed by atoms with Gasteiger partial charge < -0.3 is 9.26 Å². The van der Waals surface area contributed by atoms with Crippen LogP contribution in [0.5, 0.6) is 0 Å². The fraction of sp³-hybridized carbons (Fsp3) is 0.400. The predicted molar refractivity (Wildman–Crippen MR) is 56.6 cm³/mol. The molecule has 2 aromatic heterocycles. The van der Waals surface area contributed by atoms with Gasteiger partial charge in [0.1, 0.15) is 17.9 Å². The normalized spacial score (nSPS) is 12.3. The number of aromatic amines is 1. The second kappa shape index (κ2) is 4.76. The summed E-state index contributed by atoms with van der Waals surface area (Å²) in [5.41, 5.74) is 0.791. The number of aromatic nitrogens is 4. The zero-order chi connectivity index (χ0) is 12.3. The quantitative estimate of drug-likeness (QED) is 0.857. The molecule has 0 fully saturated rings. The van der Waals surface area contributed by atoms with Gasteiger partial charge in [-0.05, 0) is 13.8 Å². The number of nitrogens with zero attached hydrogens (tertiary/aromatic N) is 4. The van der Waals surface area contributed by atoms with Gasteiger partial charge in [-0.2, -0.15) is 15.3 Å². The lowest BCUT2D eigenvalue weighted by atomic mass is 10.2. The number of nitriles is 1. The molecule has 1 atom stereocenters. The molecule has 0 radical (unpaired) electrons. The molecule has 17 heavy (non-hydrogen) atoms. The van der Waals surface area contributed by atoms with Crippen LogP contribution in [0.3, 0.4) is 0 Å². The number of rotatable bonds is 4. The highest BCUT2D eigenvalue weighted by Gasteiger charge is 2.18. The lowest BCUT2D eigenvalue weighted by molar-refractivity contribution is 0.0683. The topological polar surface area (TPSA) is 101 Å². The minimum absolute atomic E-state index is 0.241. The largest absolute Gasteiger partial charge is 0.371 e. The average Bonchev–Trinajstić information content (AvgIpc) is 2.97. The molecule has 1 N–H and O–H groups in total. The van der Waals surface area contributed by atoms with Crippen molar-refractivity contribution in [1.82, 2.24) is 20.3 Å². The van der Waals surface area contributed by atoms with E-state index in [0.29, 0.717) is 23.7 Å². The third kappa shape index (κ3) is 2.16. The minimum Gasteiger partial charge on any atom is -0.371 e. The molecule has 0 aliphatic heterocycles. The van der Waals surface area contributed by atoms with Crippen molar-refractivity contribution in [1.29, 1.82) is 5.26 Å². The van der Waals surface area contributed by atoms with Crippen molar-refractivity contribution in [2.75, 3.05) is 6.61 Å². The van der Waals surface area contributed by atoms with E-state index in [1.54, 1.807) is 0 Å². The smallest absolute Gasteiger partial charge is 0.262 e. The molecule has 0 bridgehead atoms. The number of H-pyrrole nitrogens is 1. The summed E-state index contributed by atoms with van der Waals surface area (Å²) in [7, 11) is 0. The van der Waals surface area contributed by atoms with E-state index in [2.05, 4.69) is 20.3 Å². The van der Waals surface area contributed by atoms with Gasteiger partial charge in [0.05, 0.1) is 11.8 Å². The number of ether oxygens (including phenoxy) is 1. The molecule has 2 rings (SSSR count). The predicted octanol–water partition coefficient (Wildman–Crippen LogP) is 1.43. The molecule has 7 heteroatoms. The van der Waals surface area contributed by atoms with Gasteiger partial charge in [0, 0.05) is 6.61 Å². The minimum atomic E-state index is -0.241. The molecule has 88 valence electrons.